The minimum absolute atomic E-state index is 0.0342. The largest absolute Gasteiger partial charge is 0.329 e. The van der Waals surface area contributed by atoms with Gasteiger partial charge in [-0.1, -0.05) is 173 Å². The van der Waals surface area contributed by atoms with Gasteiger partial charge in [-0.25, -0.2) is 4.79 Å². The molecule has 0 N–H and O–H groups in total. The number of hydrogen-bond donors (Lipinski definition) is 0. The highest BCUT2D eigenvalue weighted by Crippen LogP contribution is 2.52. The number of hydrogen-bond acceptors (Lipinski definition) is 3. The van der Waals surface area contributed by atoms with E-state index in [2.05, 4.69) is 280 Å². The lowest BCUT2D eigenvalue weighted by atomic mass is 9.82. The molecule has 10 aromatic rings. The summed E-state index contributed by atoms with van der Waals surface area (Å²) < 4.78 is 0. The minimum atomic E-state index is -0.140. The maximum Gasteiger partial charge on any atom is 0.329 e. The van der Waals surface area contributed by atoms with Crippen molar-refractivity contribution in [2.75, 3.05) is 32.7 Å². The number of benzene rings is 10. The van der Waals surface area contributed by atoms with Crippen LogP contribution >= 0.6 is 0 Å². The van der Waals surface area contributed by atoms with Gasteiger partial charge in [-0.2, -0.15) is 0 Å². The van der Waals surface area contributed by atoms with Crippen LogP contribution in [0.2, 0.25) is 0 Å². The zero-order valence-corrected chi connectivity index (χ0v) is 42.2. The Labute approximate surface area is 434 Å². The Bertz CT molecular complexity index is 3490. The Hall–Kier alpha value is -8.93. The summed E-state index contributed by atoms with van der Waals surface area (Å²) in [6, 6.07) is 87.0. The molecule has 5 nitrogen and oxygen atoms in total. The predicted octanol–water partition coefficient (Wildman–Crippen LogP) is 18.0. The Kier molecular flexibility index (Phi) is 10.7. The lowest BCUT2D eigenvalue weighted by molar-refractivity contribution is 0.256. The summed E-state index contributed by atoms with van der Waals surface area (Å²) in [5, 5.41) is 0. The molecule has 0 bridgehead atoms. The number of urea groups is 1. The van der Waals surface area contributed by atoms with Crippen LogP contribution in [-0.2, 0) is 10.8 Å². The zero-order valence-electron chi connectivity index (χ0n) is 42.2. The number of amides is 2. The lowest BCUT2D eigenvalue weighted by Crippen LogP contribution is -2.31. The van der Waals surface area contributed by atoms with Gasteiger partial charge in [-0.15, -0.1) is 0 Å². The highest BCUT2D eigenvalue weighted by Gasteiger charge is 2.38. The third-order valence-corrected chi connectivity index (χ3v) is 16.0. The van der Waals surface area contributed by atoms with Gasteiger partial charge in [-0.3, -0.25) is 9.80 Å². The van der Waals surface area contributed by atoms with Gasteiger partial charge < -0.3 is 9.80 Å². The molecule has 3 aliphatic rings. The van der Waals surface area contributed by atoms with Crippen LogP contribution in [0.4, 0.5) is 50.3 Å². The van der Waals surface area contributed by atoms with Crippen LogP contribution in [-0.4, -0.2) is 19.1 Å². The highest BCUT2D eigenvalue weighted by atomic mass is 16.2. The molecule has 0 unspecified atom stereocenters. The number of anilines is 8. The molecule has 5 heteroatoms. The molecule has 1 fully saturated rings. The van der Waals surface area contributed by atoms with Crippen molar-refractivity contribution in [3.63, 3.8) is 0 Å². The molecular weight excluding hydrogens is 901 g/mol. The number of rotatable bonds is 10. The number of carbonyl (C=O) groups excluding carboxylic acids is 1. The van der Waals surface area contributed by atoms with E-state index in [1.165, 1.54) is 66.8 Å². The van der Waals surface area contributed by atoms with Crippen molar-refractivity contribution < 1.29 is 4.79 Å². The van der Waals surface area contributed by atoms with Crippen molar-refractivity contribution in [1.82, 2.24) is 0 Å². The monoisotopic (exact) mass is 956 g/mol. The first kappa shape index (κ1) is 45.0. The van der Waals surface area contributed by atoms with E-state index in [9.17, 15) is 4.79 Å². The van der Waals surface area contributed by atoms with E-state index in [4.69, 9.17) is 0 Å². The summed E-state index contributed by atoms with van der Waals surface area (Å²) in [6.07, 6.45) is 0. The van der Waals surface area contributed by atoms with E-state index in [1.807, 2.05) is 9.80 Å². The summed E-state index contributed by atoms with van der Waals surface area (Å²) in [4.78, 5) is 23.0. The van der Waals surface area contributed by atoms with E-state index in [0.29, 0.717) is 13.1 Å². The fourth-order valence-corrected chi connectivity index (χ4v) is 12.0. The summed E-state index contributed by atoms with van der Waals surface area (Å²) >= 11 is 0. The quantitative estimate of drug-likeness (QED) is 0.137. The average molecular weight is 957 g/mol. The van der Waals surface area contributed by atoms with Crippen LogP contribution in [0.25, 0.3) is 44.5 Å². The second-order valence-electron chi connectivity index (χ2n) is 20.9. The number of nitrogens with zero attached hydrogens (tertiary/aromatic N) is 4. The molecular formula is C69H56N4O. The van der Waals surface area contributed by atoms with Crippen LogP contribution in [0, 0.1) is 0 Å². The van der Waals surface area contributed by atoms with Crippen LogP contribution in [0.1, 0.15) is 49.9 Å². The van der Waals surface area contributed by atoms with Gasteiger partial charge >= 0.3 is 6.03 Å². The van der Waals surface area contributed by atoms with E-state index >= 15 is 0 Å². The van der Waals surface area contributed by atoms with Crippen molar-refractivity contribution in [3.8, 4) is 44.5 Å². The molecule has 0 spiro atoms. The fourth-order valence-electron chi connectivity index (χ4n) is 12.0. The smallest absolute Gasteiger partial charge is 0.310 e. The van der Waals surface area contributed by atoms with Crippen molar-refractivity contribution in [3.05, 3.63) is 265 Å². The summed E-state index contributed by atoms with van der Waals surface area (Å²) in [7, 11) is 0. The van der Waals surface area contributed by atoms with Gasteiger partial charge in [0.15, 0.2) is 0 Å². The molecule has 2 aliphatic carbocycles. The standard InChI is InChI=1S/C69H56N4O/c1-68(2)63-21-13-11-19-59(63)61-41-39-57(45-65(61)68)72(53-27-23-49(24-28-53)47-15-7-5-8-16-47)55-35-31-51(32-36-55)70-43-44-71(67(70)74)52-33-37-56(38-34-52)73(54-29-25-50(26-30-54)48-17-9-6-10-18-48)58-40-42-62-60-20-12-14-22-64(60)69(3,4)66(62)46-58/h5-42,45-46H,43-44H2,1-4H3. The van der Waals surface area contributed by atoms with Crippen LogP contribution in [0.5, 0.6) is 0 Å². The normalized spacial score (nSPS) is 14.6. The van der Waals surface area contributed by atoms with Gasteiger partial charge in [0.05, 0.1) is 0 Å². The molecule has 1 heterocycles. The fraction of sp³-hybridized carbons (Fsp3) is 0.116. The average Bonchev–Trinajstić information content (AvgIpc) is 4.03. The van der Waals surface area contributed by atoms with Crippen molar-refractivity contribution in [1.29, 1.82) is 0 Å². The second kappa shape index (κ2) is 17.7. The number of carbonyl (C=O) groups is 1. The molecule has 1 aliphatic heterocycles. The Morgan fingerprint density at radius 3 is 0.986 bits per heavy atom. The van der Waals surface area contributed by atoms with Crippen molar-refractivity contribution >= 4 is 51.5 Å². The summed E-state index contributed by atoms with van der Waals surface area (Å²) in [5.74, 6) is 0. The molecule has 2 amide bonds. The Morgan fingerprint density at radius 2 is 0.608 bits per heavy atom. The van der Waals surface area contributed by atoms with Gasteiger partial charge in [0.2, 0.25) is 0 Å². The van der Waals surface area contributed by atoms with Crippen molar-refractivity contribution in [2.45, 2.75) is 38.5 Å². The van der Waals surface area contributed by atoms with Crippen LogP contribution in [0.15, 0.2) is 243 Å². The first-order chi connectivity index (χ1) is 36.1. The molecule has 0 saturated carbocycles. The van der Waals surface area contributed by atoms with E-state index < -0.39 is 0 Å². The molecule has 0 atom stereocenters. The van der Waals surface area contributed by atoms with Gasteiger partial charge in [0.1, 0.15) is 0 Å². The van der Waals surface area contributed by atoms with Gasteiger partial charge in [0.25, 0.3) is 0 Å². The van der Waals surface area contributed by atoms with Crippen LogP contribution in [0.3, 0.4) is 0 Å². The molecule has 0 aromatic heterocycles. The summed E-state index contributed by atoms with van der Waals surface area (Å²) in [6.45, 7) is 10.5. The lowest BCUT2D eigenvalue weighted by Gasteiger charge is -2.29. The topological polar surface area (TPSA) is 30.0 Å². The molecule has 13 rings (SSSR count). The number of fused-ring (bicyclic) bond motifs is 6. The van der Waals surface area contributed by atoms with Gasteiger partial charge in [0, 0.05) is 69.4 Å². The molecule has 74 heavy (non-hydrogen) atoms. The molecule has 10 aromatic carbocycles. The SMILES string of the molecule is CC1(C)c2ccccc2-c2ccc(N(c3ccc(-c4ccccc4)cc3)c3ccc(N4CCN(c5ccc(N(c6ccc(-c7ccccc7)cc6)c6ccc7c(c6)C(C)(C)c6ccccc6-7)cc5)C4=O)cc3)cc21. The summed E-state index contributed by atoms with van der Waals surface area (Å²) in [5.41, 5.74) is 23.0. The van der Waals surface area contributed by atoms with E-state index in [0.717, 1.165) is 45.5 Å². The van der Waals surface area contributed by atoms with Crippen LogP contribution < -0.4 is 19.6 Å². The first-order valence-electron chi connectivity index (χ1n) is 25.8. The van der Waals surface area contributed by atoms with Gasteiger partial charge in [-0.05, 0) is 164 Å². The third-order valence-electron chi connectivity index (χ3n) is 16.0. The molecule has 1 saturated heterocycles. The zero-order chi connectivity index (χ0) is 50.1. The second-order valence-corrected chi connectivity index (χ2v) is 20.9. The van der Waals surface area contributed by atoms with Crippen molar-refractivity contribution in [2.24, 2.45) is 0 Å². The van der Waals surface area contributed by atoms with E-state index in [-0.39, 0.29) is 16.9 Å². The Morgan fingerprint density at radius 1 is 0.311 bits per heavy atom. The Balaban J connectivity index is 0.794. The first-order valence-corrected chi connectivity index (χ1v) is 25.8. The molecule has 0 radical (unpaired) electrons. The third kappa shape index (κ3) is 7.49. The maximum absolute atomic E-state index is 14.5. The predicted molar refractivity (Wildman–Crippen MR) is 308 cm³/mol. The highest BCUT2D eigenvalue weighted by molar-refractivity contribution is 6.06. The minimum Gasteiger partial charge on any atom is -0.310 e. The molecule has 358 valence electrons. The van der Waals surface area contributed by atoms with E-state index in [1.54, 1.807) is 0 Å². The maximum atomic E-state index is 14.5.